The van der Waals surface area contributed by atoms with Crippen LogP contribution in [0.4, 0.5) is 0 Å². The number of aliphatic hydroxyl groups is 3. The Morgan fingerprint density at radius 3 is 1.73 bits per heavy atom. The average Bonchev–Trinajstić information content (AvgIpc) is 3.49. The predicted molar refractivity (Wildman–Crippen MR) is 184 cm³/mol. The van der Waals surface area contributed by atoms with Gasteiger partial charge in [-0.25, -0.2) is 0 Å². The highest BCUT2D eigenvalue weighted by molar-refractivity contribution is 5.37. The number of fused-ring (bicyclic) bond motifs is 1. The van der Waals surface area contributed by atoms with Gasteiger partial charge in [-0.15, -0.1) is 5.73 Å². The molecule has 3 N–H and O–H groups in total. The molecular formula is C40H56O4. The van der Waals surface area contributed by atoms with Gasteiger partial charge in [-0.1, -0.05) is 111 Å². The van der Waals surface area contributed by atoms with Crippen molar-refractivity contribution < 1.29 is 20.1 Å². The molecule has 1 heterocycles. The lowest BCUT2D eigenvalue weighted by molar-refractivity contribution is -0.0268. The Balaban J connectivity index is 1.53. The first-order valence-corrected chi connectivity index (χ1v) is 16.0. The van der Waals surface area contributed by atoms with Crippen molar-refractivity contribution in [1.82, 2.24) is 0 Å². The summed E-state index contributed by atoms with van der Waals surface area (Å²) < 4.78 is 6.24. The Morgan fingerprint density at radius 1 is 0.682 bits per heavy atom. The van der Waals surface area contributed by atoms with Gasteiger partial charge in [0.05, 0.1) is 17.8 Å². The van der Waals surface area contributed by atoms with Crippen LogP contribution in [0.2, 0.25) is 0 Å². The van der Waals surface area contributed by atoms with Crippen LogP contribution in [0.15, 0.2) is 113 Å². The Hall–Kier alpha value is -2.72. The van der Waals surface area contributed by atoms with Crippen molar-refractivity contribution in [2.45, 2.75) is 124 Å². The predicted octanol–water partition coefficient (Wildman–Crippen LogP) is 8.72. The highest BCUT2D eigenvalue weighted by atomic mass is 16.6. The van der Waals surface area contributed by atoms with Crippen molar-refractivity contribution >= 4 is 0 Å². The van der Waals surface area contributed by atoms with Crippen molar-refractivity contribution in [2.24, 2.45) is 10.8 Å². The molecule has 4 heteroatoms. The zero-order valence-electron chi connectivity index (χ0n) is 28.7. The molecule has 2 saturated carbocycles. The van der Waals surface area contributed by atoms with Crippen LogP contribution < -0.4 is 0 Å². The highest BCUT2D eigenvalue weighted by Gasteiger charge is 2.74. The molecule has 3 aliphatic rings. The van der Waals surface area contributed by atoms with Crippen LogP contribution in [0.3, 0.4) is 0 Å². The van der Waals surface area contributed by atoms with Gasteiger partial charge in [-0.05, 0) is 77.5 Å². The third kappa shape index (κ3) is 8.71. The molecule has 0 unspecified atom stereocenters. The van der Waals surface area contributed by atoms with E-state index in [9.17, 15) is 15.3 Å². The van der Waals surface area contributed by atoms with Gasteiger partial charge in [0, 0.05) is 23.8 Å². The largest absolute Gasteiger partial charge is 0.393 e. The van der Waals surface area contributed by atoms with E-state index in [1.807, 2.05) is 37.3 Å². The lowest BCUT2D eigenvalue weighted by Crippen LogP contribution is -2.46. The topological polar surface area (TPSA) is 73.2 Å². The van der Waals surface area contributed by atoms with Gasteiger partial charge in [0.2, 0.25) is 0 Å². The second-order valence-corrected chi connectivity index (χ2v) is 15.0. The number of epoxide rings is 1. The molecule has 1 saturated heterocycles. The molecule has 0 aromatic carbocycles. The van der Waals surface area contributed by atoms with E-state index in [-0.39, 0.29) is 28.1 Å². The first-order chi connectivity index (χ1) is 20.3. The molecule has 0 radical (unpaired) electrons. The van der Waals surface area contributed by atoms with Gasteiger partial charge in [-0.2, -0.15) is 0 Å². The van der Waals surface area contributed by atoms with Gasteiger partial charge < -0.3 is 20.1 Å². The van der Waals surface area contributed by atoms with Crippen LogP contribution in [-0.4, -0.2) is 44.3 Å². The first-order valence-electron chi connectivity index (χ1n) is 16.0. The lowest BCUT2D eigenvalue weighted by Gasteiger charge is -2.43. The molecule has 1 aliphatic heterocycles. The molecule has 0 amide bonds. The molecule has 3 fully saturated rings. The SMILES string of the molecule is CC(=C/C=C/C(C)=C/C=C\C=C(C)\C=C\C=C(/C)C=C=C1C(C)(C)C[C@H](O)C[C@@]1(C)O)/C=C/[C@@]12O[C@]1(C)C[C@@H](O)CC2(C)C. The van der Waals surface area contributed by atoms with E-state index in [1.54, 1.807) is 6.92 Å². The summed E-state index contributed by atoms with van der Waals surface area (Å²) in [6.07, 6.45) is 28.5. The standard InChI is InChI=1S/C40H56O4/c1-29(17-13-19-31(3)21-22-35-36(5,6)25-33(41)27-38(35,9)43)15-11-12-16-30(2)18-14-20-32(4)23-24-40-37(7,8)26-34(42)28-39(40,10)44-40/h11-21,23-24,33-34,41-43H,25-28H2,1-10H3/b12-11-,17-13+,18-14+,24-23+,29-15+,30-16+,31-19+,32-20-/t22?,33-,34-,38+,39+,40-/m0/s1. The first kappa shape index (κ1) is 35.8. The van der Waals surface area contributed by atoms with Gasteiger partial charge in [-0.3, -0.25) is 0 Å². The summed E-state index contributed by atoms with van der Waals surface area (Å²) in [5, 5.41) is 31.2. The quantitative estimate of drug-likeness (QED) is 0.141. The molecule has 0 bridgehead atoms. The van der Waals surface area contributed by atoms with Crippen molar-refractivity contribution in [1.29, 1.82) is 0 Å². The molecule has 3 rings (SSSR count). The fourth-order valence-electron chi connectivity index (χ4n) is 7.25. The third-order valence-electron chi connectivity index (χ3n) is 9.39. The molecule has 4 nitrogen and oxygen atoms in total. The lowest BCUT2D eigenvalue weighted by atomic mass is 9.63. The summed E-state index contributed by atoms with van der Waals surface area (Å²) in [6.45, 7) is 20.6. The molecule has 0 aromatic heterocycles. The fourth-order valence-corrected chi connectivity index (χ4v) is 7.25. The number of aliphatic hydroxyl groups excluding tert-OH is 2. The molecule has 0 spiro atoms. The van der Waals surface area contributed by atoms with Crippen molar-refractivity contribution in [3.05, 3.63) is 113 Å². The Morgan fingerprint density at radius 2 is 1.18 bits per heavy atom. The number of allylic oxidation sites excluding steroid dienone is 15. The molecular weight excluding hydrogens is 544 g/mol. The fraction of sp³-hybridized carbons (Fsp3) is 0.525. The van der Waals surface area contributed by atoms with Crippen LogP contribution in [-0.2, 0) is 4.74 Å². The maximum absolute atomic E-state index is 10.9. The van der Waals surface area contributed by atoms with Crippen LogP contribution >= 0.6 is 0 Å². The molecule has 0 aromatic rings. The zero-order valence-corrected chi connectivity index (χ0v) is 28.7. The summed E-state index contributed by atoms with van der Waals surface area (Å²) in [6, 6.07) is 0. The number of rotatable bonds is 9. The minimum atomic E-state index is -1.05. The van der Waals surface area contributed by atoms with E-state index in [0.717, 1.165) is 34.3 Å². The highest BCUT2D eigenvalue weighted by Crippen LogP contribution is 2.66. The van der Waals surface area contributed by atoms with E-state index < -0.39 is 11.7 Å². The molecule has 2 aliphatic carbocycles. The Labute approximate surface area is 267 Å². The summed E-state index contributed by atoms with van der Waals surface area (Å²) in [7, 11) is 0. The smallest absolute Gasteiger partial charge is 0.121 e. The van der Waals surface area contributed by atoms with E-state index in [4.69, 9.17) is 4.74 Å². The maximum atomic E-state index is 10.9. The van der Waals surface area contributed by atoms with Crippen LogP contribution in [0.25, 0.3) is 0 Å². The maximum Gasteiger partial charge on any atom is 0.121 e. The van der Waals surface area contributed by atoms with Crippen LogP contribution in [0.1, 0.15) is 94.9 Å². The normalized spacial score (nSPS) is 34.7. The van der Waals surface area contributed by atoms with Crippen LogP contribution in [0, 0.1) is 10.8 Å². The second kappa shape index (κ2) is 13.7. The molecule has 44 heavy (non-hydrogen) atoms. The van der Waals surface area contributed by atoms with Gasteiger partial charge in [0.25, 0.3) is 0 Å². The summed E-state index contributed by atoms with van der Waals surface area (Å²) in [5.41, 5.74) is 6.63. The number of hydrogen-bond donors (Lipinski definition) is 3. The van der Waals surface area contributed by atoms with Crippen molar-refractivity contribution in [2.75, 3.05) is 0 Å². The molecule has 240 valence electrons. The average molecular weight is 601 g/mol. The summed E-state index contributed by atoms with van der Waals surface area (Å²) in [5.74, 6) is 0. The Bertz CT molecular complexity index is 1360. The zero-order chi connectivity index (χ0) is 33.0. The monoisotopic (exact) mass is 600 g/mol. The third-order valence-corrected chi connectivity index (χ3v) is 9.39. The summed E-state index contributed by atoms with van der Waals surface area (Å²) in [4.78, 5) is 0. The molecule has 5 atom stereocenters. The second-order valence-electron chi connectivity index (χ2n) is 15.0. The van der Waals surface area contributed by atoms with Crippen LogP contribution in [0.5, 0.6) is 0 Å². The number of hydrogen-bond acceptors (Lipinski definition) is 4. The van der Waals surface area contributed by atoms with Crippen molar-refractivity contribution in [3.8, 4) is 0 Å². The Kier molecular flexibility index (Phi) is 11.2. The summed E-state index contributed by atoms with van der Waals surface area (Å²) >= 11 is 0. The minimum absolute atomic E-state index is 0.103. The van der Waals surface area contributed by atoms with Crippen molar-refractivity contribution in [3.63, 3.8) is 0 Å². The van der Waals surface area contributed by atoms with E-state index in [2.05, 4.69) is 110 Å². The van der Waals surface area contributed by atoms with E-state index >= 15 is 0 Å². The number of ether oxygens (including phenoxy) is 1. The van der Waals surface area contributed by atoms with E-state index in [0.29, 0.717) is 19.3 Å². The minimum Gasteiger partial charge on any atom is -0.393 e. The van der Waals surface area contributed by atoms with E-state index in [1.165, 1.54) is 0 Å². The van der Waals surface area contributed by atoms with Gasteiger partial charge in [0.1, 0.15) is 11.2 Å². The van der Waals surface area contributed by atoms with Gasteiger partial charge in [0.15, 0.2) is 0 Å². The van der Waals surface area contributed by atoms with Gasteiger partial charge >= 0.3 is 0 Å².